The summed E-state index contributed by atoms with van der Waals surface area (Å²) < 4.78 is 13.3. The topological polar surface area (TPSA) is 123 Å². The first-order valence-corrected chi connectivity index (χ1v) is 13.5. The lowest BCUT2D eigenvalue weighted by Crippen LogP contribution is -2.57. The Morgan fingerprint density at radius 3 is 2.48 bits per heavy atom. The Morgan fingerprint density at radius 2 is 1.85 bits per heavy atom. The molecule has 210 valence electrons. The number of carbonyl (C=O) groups is 4. The van der Waals surface area contributed by atoms with Gasteiger partial charge in [-0.25, -0.2) is 4.39 Å². The number of hydrogen-bond donors (Lipinski definition) is 2. The molecule has 0 bridgehead atoms. The second kappa shape index (κ2) is 11.5. The minimum absolute atomic E-state index is 0.0318. The van der Waals surface area contributed by atoms with Gasteiger partial charge in [0.25, 0.3) is 5.91 Å². The van der Waals surface area contributed by atoms with Crippen LogP contribution in [0.3, 0.4) is 0 Å². The summed E-state index contributed by atoms with van der Waals surface area (Å²) in [6.07, 6.45) is 0.498. The first kappa shape index (κ1) is 28.7. The number of nitrogens with zero attached hydrogens (tertiary/aromatic N) is 3. The molecule has 2 aromatic rings. The van der Waals surface area contributed by atoms with Gasteiger partial charge in [0.15, 0.2) is 0 Å². The van der Waals surface area contributed by atoms with Crippen LogP contribution in [0.25, 0.3) is 0 Å². The van der Waals surface area contributed by atoms with Crippen LogP contribution in [-0.4, -0.2) is 64.6 Å². The quantitative estimate of drug-likeness (QED) is 0.526. The zero-order chi connectivity index (χ0) is 29.2. The molecule has 2 N–H and O–H groups in total. The molecule has 0 aliphatic carbocycles. The zero-order valence-corrected chi connectivity index (χ0v) is 23.1. The summed E-state index contributed by atoms with van der Waals surface area (Å²) in [6, 6.07) is 11.8. The Hall–Kier alpha value is -4.26. The second-order valence-corrected chi connectivity index (χ2v) is 10.9. The lowest BCUT2D eigenvalue weighted by molar-refractivity contribution is -0.147. The average molecular weight is 548 g/mol. The van der Waals surface area contributed by atoms with Crippen LogP contribution in [0.2, 0.25) is 0 Å². The first-order chi connectivity index (χ1) is 19.0. The molecular formula is C30H34FN5O4. The second-order valence-electron chi connectivity index (χ2n) is 10.9. The van der Waals surface area contributed by atoms with Gasteiger partial charge in [0.2, 0.25) is 17.7 Å². The smallest absolute Gasteiger partial charge is 0.251 e. The Bertz CT molecular complexity index is 1350. The highest BCUT2D eigenvalue weighted by Crippen LogP contribution is 2.46. The molecule has 1 spiro atoms. The van der Waals surface area contributed by atoms with Gasteiger partial charge in [-0.15, -0.1) is 0 Å². The third-order valence-electron chi connectivity index (χ3n) is 7.72. The minimum Gasteiger partial charge on any atom is -0.341 e. The van der Waals surface area contributed by atoms with Gasteiger partial charge in [-0.05, 0) is 62.1 Å². The third kappa shape index (κ3) is 5.28. The maximum Gasteiger partial charge on any atom is 0.251 e. The fourth-order valence-corrected chi connectivity index (χ4v) is 5.71. The van der Waals surface area contributed by atoms with Crippen molar-refractivity contribution in [2.24, 2.45) is 5.92 Å². The van der Waals surface area contributed by atoms with Crippen LogP contribution in [0.5, 0.6) is 0 Å². The summed E-state index contributed by atoms with van der Waals surface area (Å²) in [5.41, 5.74) is 0.602. The Morgan fingerprint density at radius 1 is 1.18 bits per heavy atom. The van der Waals surface area contributed by atoms with E-state index in [4.69, 9.17) is 0 Å². The van der Waals surface area contributed by atoms with Gasteiger partial charge >= 0.3 is 0 Å². The summed E-state index contributed by atoms with van der Waals surface area (Å²) in [7, 11) is 0. The van der Waals surface area contributed by atoms with Gasteiger partial charge in [-0.2, -0.15) is 5.26 Å². The number of para-hydroxylation sites is 1. The molecule has 4 atom stereocenters. The van der Waals surface area contributed by atoms with E-state index in [0.29, 0.717) is 12.1 Å². The van der Waals surface area contributed by atoms with Crippen molar-refractivity contribution in [1.82, 2.24) is 15.1 Å². The van der Waals surface area contributed by atoms with Crippen molar-refractivity contribution in [1.29, 1.82) is 5.26 Å². The summed E-state index contributed by atoms with van der Waals surface area (Å²) in [5, 5.41) is 15.5. The van der Waals surface area contributed by atoms with Crippen molar-refractivity contribution in [2.75, 3.05) is 18.4 Å². The number of benzene rings is 2. The van der Waals surface area contributed by atoms with Crippen LogP contribution < -0.4 is 10.6 Å². The van der Waals surface area contributed by atoms with E-state index < -0.39 is 47.1 Å². The summed E-state index contributed by atoms with van der Waals surface area (Å²) >= 11 is 0. The number of carbonyl (C=O) groups excluding carboxylic acids is 4. The molecule has 4 amide bonds. The molecule has 2 unspecified atom stereocenters. The van der Waals surface area contributed by atoms with Crippen LogP contribution >= 0.6 is 0 Å². The molecule has 0 radical (unpaired) electrons. The molecule has 9 nitrogen and oxygen atoms in total. The molecule has 40 heavy (non-hydrogen) atoms. The van der Waals surface area contributed by atoms with E-state index in [-0.39, 0.29) is 36.9 Å². The minimum atomic E-state index is -1.04. The number of rotatable bonds is 8. The number of hydrogen-bond acceptors (Lipinski definition) is 5. The highest BCUT2D eigenvalue weighted by Gasteiger charge is 2.56. The third-order valence-corrected chi connectivity index (χ3v) is 7.72. The Labute approximate surface area is 233 Å². The van der Waals surface area contributed by atoms with Gasteiger partial charge < -0.3 is 20.4 Å². The van der Waals surface area contributed by atoms with Crippen molar-refractivity contribution in [3.8, 4) is 6.07 Å². The van der Waals surface area contributed by atoms with Crippen molar-refractivity contribution in [3.05, 3.63) is 65.5 Å². The highest BCUT2D eigenvalue weighted by molar-refractivity contribution is 6.07. The van der Waals surface area contributed by atoms with Gasteiger partial charge in [-0.3, -0.25) is 19.2 Å². The first-order valence-electron chi connectivity index (χ1n) is 13.5. The van der Waals surface area contributed by atoms with Gasteiger partial charge in [0, 0.05) is 30.8 Å². The molecule has 0 aromatic heterocycles. The molecule has 1 saturated heterocycles. The van der Waals surface area contributed by atoms with Gasteiger partial charge in [-0.1, -0.05) is 32.0 Å². The fourth-order valence-electron chi connectivity index (χ4n) is 5.71. The summed E-state index contributed by atoms with van der Waals surface area (Å²) in [5.74, 6) is -2.09. The number of nitriles is 1. The predicted octanol–water partition coefficient (Wildman–Crippen LogP) is 3.22. The number of fused-ring (bicyclic) bond motifs is 2. The number of likely N-dealkylation sites (tertiary alicyclic amines) is 1. The van der Waals surface area contributed by atoms with Crippen molar-refractivity contribution >= 4 is 29.3 Å². The molecule has 2 heterocycles. The number of halogens is 1. The predicted molar refractivity (Wildman–Crippen MR) is 146 cm³/mol. The summed E-state index contributed by atoms with van der Waals surface area (Å²) in [4.78, 5) is 56.5. The molecule has 1 fully saturated rings. The van der Waals surface area contributed by atoms with E-state index in [1.165, 1.54) is 28.9 Å². The molecule has 2 aromatic carbocycles. The van der Waals surface area contributed by atoms with Gasteiger partial charge in [0.1, 0.15) is 23.9 Å². The number of amides is 4. The Balaban J connectivity index is 1.58. The SMILES string of the molecule is CCN(C(=O)C(C)NC(=O)c1ccc(F)cc1)[C@@H](CC(C)C)C(=O)N1C[C@]2(CC1C#N)C(=O)Nc1ccccc12. The molecular weight excluding hydrogens is 513 g/mol. The van der Waals surface area contributed by atoms with E-state index in [2.05, 4.69) is 16.7 Å². The van der Waals surface area contributed by atoms with E-state index in [9.17, 15) is 28.8 Å². The fraction of sp³-hybridized carbons (Fsp3) is 0.433. The van der Waals surface area contributed by atoms with Crippen LogP contribution in [0, 0.1) is 23.1 Å². The lowest BCUT2D eigenvalue weighted by Gasteiger charge is -2.36. The van der Waals surface area contributed by atoms with Crippen LogP contribution in [0.1, 0.15) is 56.5 Å². The largest absolute Gasteiger partial charge is 0.341 e. The van der Waals surface area contributed by atoms with Crippen LogP contribution in [0.15, 0.2) is 48.5 Å². The maximum atomic E-state index is 14.1. The van der Waals surface area contributed by atoms with E-state index in [1.807, 2.05) is 32.0 Å². The Kier molecular flexibility index (Phi) is 8.24. The maximum absolute atomic E-state index is 14.1. The molecule has 2 aliphatic rings. The zero-order valence-electron chi connectivity index (χ0n) is 23.1. The van der Waals surface area contributed by atoms with E-state index in [1.54, 1.807) is 13.0 Å². The average Bonchev–Trinajstić information content (AvgIpc) is 3.46. The highest BCUT2D eigenvalue weighted by atomic mass is 19.1. The normalized spacial score (nSPS) is 21.0. The standard InChI is InChI=1S/C30H34FN5O4/c1-5-35(27(38)19(4)33-26(37)20-10-12-21(31)13-11-20)25(14-18(2)3)28(39)36-17-30(15-22(36)16-32)23-8-6-7-9-24(23)34-29(30)40/h6-13,18-19,22,25H,5,14-15,17H2,1-4H3,(H,33,37)(H,34,40)/t19?,22?,25-,30-/m0/s1. The van der Waals surface area contributed by atoms with Crippen molar-refractivity contribution < 1.29 is 23.6 Å². The molecule has 10 heteroatoms. The van der Waals surface area contributed by atoms with Crippen LogP contribution in [0.4, 0.5) is 10.1 Å². The number of likely N-dealkylation sites (N-methyl/N-ethyl adjacent to an activating group) is 1. The van der Waals surface area contributed by atoms with Crippen molar-refractivity contribution in [3.63, 3.8) is 0 Å². The van der Waals surface area contributed by atoms with Gasteiger partial charge in [0.05, 0.1) is 11.5 Å². The molecule has 4 rings (SSSR count). The summed E-state index contributed by atoms with van der Waals surface area (Å²) in [6.45, 7) is 7.38. The van der Waals surface area contributed by atoms with Crippen LogP contribution in [-0.2, 0) is 19.8 Å². The van der Waals surface area contributed by atoms with Crippen molar-refractivity contribution in [2.45, 2.75) is 64.1 Å². The molecule has 0 saturated carbocycles. The number of nitrogens with one attached hydrogen (secondary N) is 2. The van der Waals surface area contributed by atoms with E-state index >= 15 is 0 Å². The number of anilines is 1. The van der Waals surface area contributed by atoms with E-state index in [0.717, 1.165) is 17.7 Å². The monoisotopic (exact) mass is 547 g/mol. The lowest BCUT2D eigenvalue weighted by atomic mass is 9.80. The molecule has 2 aliphatic heterocycles.